The lowest BCUT2D eigenvalue weighted by molar-refractivity contribution is -0.343. The van der Waals surface area contributed by atoms with Crippen LogP contribution >= 0.6 is 0 Å². The third-order valence-electron chi connectivity index (χ3n) is 5.91. The Morgan fingerprint density at radius 2 is 1.91 bits per heavy atom. The van der Waals surface area contributed by atoms with E-state index in [-0.39, 0.29) is 25.1 Å². The summed E-state index contributed by atoms with van der Waals surface area (Å²) in [5, 5.41) is 2.85. The smallest absolute Gasteiger partial charge is 0.306 e. The molecule has 2 aliphatic heterocycles. The number of nitrogens with one attached hydrogen (secondary N) is 1. The number of ether oxygens (including phenoxy) is 5. The molecule has 2 unspecified atom stereocenters. The van der Waals surface area contributed by atoms with Crippen molar-refractivity contribution in [2.45, 2.75) is 89.3 Å². The molecule has 0 aromatic heterocycles. The minimum absolute atomic E-state index is 0.213. The number of carbonyl (C=O) groups is 2. The maximum atomic E-state index is 12.8. The zero-order valence-electron chi connectivity index (χ0n) is 20.1. The summed E-state index contributed by atoms with van der Waals surface area (Å²) in [6.45, 7) is 7.68. The summed E-state index contributed by atoms with van der Waals surface area (Å²) in [5.74, 6) is -0.613. The molecule has 2 saturated heterocycles. The van der Waals surface area contributed by atoms with Crippen molar-refractivity contribution in [1.82, 2.24) is 5.32 Å². The SMILES string of the molecule is C=CCO[C@@H]1O[C@@H]2COC(c3ccccc3)OC2[C@H](OC(=O)CCCCCCC)[C@H]1NC(C)=O. The van der Waals surface area contributed by atoms with E-state index >= 15 is 0 Å². The van der Waals surface area contributed by atoms with Crippen molar-refractivity contribution in [1.29, 1.82) is 0 Å². The van der Waals surface area contributed by atoms with Gasteiger partial charge >= 0.3 is 5.97 Å². The van der Waals surface area contributed by atoms with Crippen molar-refractivity contribution in [3.63, 3.8) is 0 Å². The van der Waals surface area contributed by atoms with Gasteiger partial charge < -0.3 is 29.0 Å². The van der Waals surface area contributed by atoms with E-state index in [1.165, 1.54) is 6.92 Å². The maximum absolute atomic E-state index is 12.8. The summed E-state index contributed by atoms with van der Waals surface area (Å²) in [6.07, 6.45) is 3.59. The maximum Gasteiger partial charge on any atom is 0.306 e. The molecule has 0 aliphatic carbocycles. The Morgan fingerprint density at radius 3 is 2.62 bits per heavy atom. The normalized spacial score (nSPS) is 28.5. The zero-order chi connectivity index (χ0) is 24.3. The molecule has 8 nitrogen and oxygen atoms in total. The van der Waals surface area contributed by atoms with Crippen LogP contribution in [0, 0.1) is 0 Å². The van der Waals surface area contributed by atoms with Gasteiger partial charge in [-0.25, -0.2) is 0 Å². The summed E-state index contributed by atoms with van der Waals surface area (Å²) in [6, 6.07) is 8.80. The Morgan fingerprint density at radius 1 is 1.15 bits per heavy atom. The van der Waals surface area contributed by atoms with Gasteiger partial charge in [0, 0.05) is 18.9 Å². The number of fused-ring (bicyclic) bond motifs is 1. The summed E-state index contributed by atoms with van der Waals surface area (Å²) < 4.78 is 30.0. The number of benzene rings is 1. The standard InChI is InChI=1S/C26H37NO7/c1-4-6-7-8-12-15-21(29)33-24-22(27-18(3)28)26(30-16-5-2)32-20-17-31-25(34-23(20)24)19-13-10-9-11-14-19/h5,9-11,13-14,20,22-26H,2,4,6-8,12,15-17H2,1,3H3,(H,27,28)/t20-,22-,23?,24-,25?,26-/m1/s1. The Balaban J connectivity index is 1.77. The second-order valence-corrected chi connectivity index (χ2v) is 8.69. The first-order chi connectivity index (χ1) is 16.5. The average Bonchev–Trinajstić information content (AvgIpc) is 2.84. The Labute approximate surface area is 201 Å². The number of esters is 1. The molecule has 1 aromatic carbocycles. The average molecular weight is 476 g/mol. The van der Waals surface area contributed by atoms with Gasteiger partial charge in [-0.2, -0.15) is 0 Å². The second kappa shape index (κ2) is 13.6. The van der Waals surface area contributed by atoms with Crippen LogP contribution in [0.1, 0.15) is 64.2 Å². The van der Waals surface area contributed by atoms with Crippen molar-refractivity contribution in [2.75, 3.05) is 13.2 Å². The summed E-state index contributed by atoms with van der Waals surface area (Å²) in [7, 11) is 0. The van der Waals surface area contributed by atoms with Gasteiger partial charge in [0.15, 0.2) is 18.7 Å². The highest BCUT2D eigenvalue weighted by Gasteiger charge is 2.52. The predicted octanol–water partition coefficient (Wildman–Crippen LogP) is 3.81. The van der Waals surface area contributed by atoms with E-state index < -0.39 is 36.9 Å². The minimum atomic E-state index is -0.842. The highest BCUT2D eigenvalue weighted by Crippen LogP contribution is 2.36. The first-order valence-corrected chi connectivity index (χ1v) is 12.2. The molecule has 188 valence electrons. The first kappa shape index (κ1) is 26.3. The molecule has 0 spiro atoms. The van der Waals surface area contributed by atoms with Crippen molar-refractivity contribution in [2.24, 2.45) is 0 Å². The monoisotopic (exact) mass is 475 g/mol. The van der Waals surface area contributed by atoms with Crippen LogP contribution in [-0.2, 0) is 33.3 Å². The quantitative estimate of drug-likeness (QED) is 0.279. The molecule has 8 heteroatoms. The fourth-order valence-corrected chi connectivity index (χ4v) is 4.27. The molecular weight excluding hydrogens is 438 g/mol. The summed E-state index contributed by atoms with van der Waals surface area (Å²) >= 11 is 0. The molecule has 34 heavy (non-hydrogen) atoms. The molecule has 2 heterocycles. The van der Waals surface area contributed by atoms with E-state index in [1.807, 2.05) is 30.3 Å². The topological polar surface area (TPSA) is 92.3 Å². The van der Waals surface area contributed by atoms with Gasteiger partial charge in [0.2, 0.25) is 5.91 Å². The van der Waals surface area contributed by atoms with E-state index in [2.05, 4.69) is 18.8 Å². The molecule has 0 saturated carbocycles. The lowest BCUT2D eigenvalue weighted by Gasteiger charge is -2.48. The number of carbonyl (C=O) groups excluding carboxylic acids is 2. The molecule has 2 fully saturated rings. The Bertz CT molecular complexity index is 787. The van der Waals surface area contributed by atoms with Crippen LogP contribution in [0.15, 0.2) is 43.0 Å². The number of hydrogen-bond donors (Lipinski definition) is 1. The van der Waals surface area contributed by atoms with E-state index in [1.54, 1.807) is 6.08 Å². The number of amides is 1. The lowest BCUT2D eigenvalue weighted by Crippen LogP contribution is -2.67. The van der Waals surface area contributed by atoms with Gasteiger partial charge in [-0.3, -0.25) is 9.59 Å². The largest absolute Gasteiger partial charge is 0.457 e. The van der Waals surface area contributed by atoms with Gasteiger partial charge in [0.25, 0.3) is 0 Å². The lowest BCUT2D eigenvalue weighted by atomic mass is 9.95. The van der Waals surface area contributed by atoms with Gasteiger partial charge in [-0.05, 0) is 6.42 Å². The van der Waals surface area contributed by atoms with Gasteiger partial charge in [-0.1, -0.05) is 69.0 Å². The highest BCUT2D eigenvalue weighted by atomic mass is 16.8. The van der Waals surface area contributed by atoms with Crippen molar-refractivity contribution in [3.8, 4) is 0 Å². The predicted molar refractivity (Wildman–Crippen MR) is 126 cm³/mol. The minimum Gasteiger partial charge on any atom is -0.457 e. The number of rotatable bonds is 12. The summed E-state index contributed by atoms with van der Waals surface area (Å²) in [5.41, 5.74) is 0.850. The molecule has 0 radical (unpaired) electrons. The first-order valence-electron chi connectivity index (χ1n) is 12.2. The fourth-order valence-electron chi connectivity index (χ4n) is 4.27. The highest BCUT2D eigenvalue weighted by molar-refractivity contribution is 5.73. The van der Waals surface area contributed by atoms with Crippen molar-refractivity contribution >= 4 is 11.9 Å². The molecule has 3 rings (SSSR count). The molecule has 1 amide bonds. The zero-order valence-corrected chi connectivity index (χ0v) is 20.1. The summed E-state index contributed by atoms with van der Waals surface area (Å²) in [4.78, 5) is 24.8. The number of hydrogen-bond acceptors (Lipinski definition) is 7. The molecule has 1 aromatic rings. The van der Waals surface area contributed by atoms with Crippen LogP contribution < -0.4 is 5.32 Å². The van der Waals surface area contributed by atoms with Gasteiger partial charge in [0.1, 0.15) is 18.2 Å². The van der Waals surface area contributed by atoms with Gasteiger partial charge in [0.05, 0.1) is 13.2 Å². The van der Waals surface area contributed by atoms with E-state index in [9.17, 15) is 9.59 Å². The molecule has 0 bridgehead atoms. The van der Waals surface area contributed by atoms with E-state index in [0.29, 0.717) is 6.42 Å². The van der Waals surface area contributed by atoms with E-state index in [0.717, 1.165) is 37.7 Å². The third-order valence-corrected chi connectivity index (χ3v) is 5.91. The Hall–Kier alpha value is -2.26. The van der Waals surface area contributed by atoms with Crippen molar-refractivity contribution < 1.29 is 33.3 Å². The third kappa shape index (κ3) is 7.37. The van der Waals surface area contributed by atoms with Crippen LogP contribution in [0.3, 0.4) is 0 Å². The number of unbranched alkanes of at least 4 members (excludes halogenated alkanes) is 4. The molecule has 1 N–H and O–H groups in total. The van der Waals surface area contributed by atoms with Gasteiger partial charge in [-0.15, -0.1) is 6.58 Å². The van der Waals surface area contributed by atoms with Crippen LogP contribution in [0.4, 0.5) is 0 Å². The fraction of sp³-hybridized carbons (Fsp3) is 0.615. The molecule has 2 aliphatic rings. The van der Waals surface area contributed by atoms with Crippen LogP contribution in [0.25, 0.3) is 0 Å². The van der Waals surface area contributed by atoms with E-state index in [4.69, 9.17) is 23.7 Å². The molecule has 6 atom stereocenters. The van der Waals surface area contributed by atoms with Crippen LogP contribution in [-0.4, -0.2) is 55.7 Å². The Kier molecular flexibility index (Phi) is 10.5. The van der Waals surface area contributed by atoms with Crippen LogP contribution in [0.5, 0.6) is 0 Å². The van der Waals surface area contributed by atoms with Crippen molar-refractivity contribution in [3.05, 3.63) is 48.6 Å². The van der Waals surface area contributed by atoms with Crippen LogP contribution in [0.2, 0.25) is 0 Å². The second-order valence-electron chi connectivity index (χ2n) is 8.69. The molecular formula is C26H37NO7.